The molecule has 6 nitrogen and oxygen atoms in total. The van der Waals surface area contributed by atoms with Gasteiger partial charge in [0.25, 0.3) is 0 Å². The van der Waals surface area contributed by atoms with Crippen LogP contribution in [0, 0.1) is 19.7 Å². The lowest BCUT2D eigenvalue weighted by Gasteiger charge is -2.25. The van der Waals surface area contributed by atoms with Crippen LogP contribution in [0.1, 0.15) is 23.1 Å². The number of nitrogens with one attached hydrogen (secondary N) is 1. The van der Waals surface area contributed by atoms with E-state index in [1.807, 2.05) is 4.90 Å². The zero-order valence-electron chi connectivity index (χ0n) is 13.5. The van der Waals surface area contributed by atoms with Gasteiger partial charge in [-0.1, -0.05) is 17.3 Å². The average molecular weight is 341 g/mol. The molecular formula is C15H20FN3O3S. The number of hydrogen-bond acceptors (Lipinski definition) is 5. The Morgan fingerprint density at radius 1 is 1.35 bits per heavy atom. The molecule has 0 aliphatic heterocycles. The Hall–Kier alpha value is -1.77. The first-order valence-corrected chi connectivity index (χ1v) is 8.55. The van der Waals surface area contributed by atoms with E-state index in [1.54, 1.807) is 40.1 Å². The molecule has 0 aliphatic rings. The van der Waals surface area contributed by atoms with Gasteiger partial charge in [-0.3, -0.25) is 0 Å². The van der Waals surface area contributed by atoms with E-state index < -0.39 is 10.0 Å². The third kappa shape index (κ3) is 3.95. The number of likely N-dealkylation sites (N-methyl/N-ethyl adjacent to an activating group) is 1. The molecule has 0 saturated heterocycles. The quantitative estimate of drug-likeness (QED) is 0.870. The van der Waals surface area contributed by atoms with Gasteiger partial charge in [-0.25, -0.2) is 17.5 Å². The second kappa shape index (κ2) is 6.77. The third-order valence-electron chi connectivity index (χ3n) is 3.56. The van der Waals surface area contributed by atoms with Crippen molar-refractivity contribution in [2.24, 2.45) is 0 Å². The van der Waals surface area contributed by atoms with Gasteiger partial charge in [0.2, 0.25) is 10.0 Å². The molecule has 126 valence electrons. The van der Waals surface area contributed by atoms with Gasteiger partial charge in [0.15, 0.2) is 5.76 Å². The smallest absolute Gasteiger partial charge is 0.246 e. The minimum Gasteiger partial charge on any atom is -0.360 e. The highest BCUT2D eigenvalue weighted by molar-refractivity contribution is 7.89. The second-order valence-electron chi connectivity index (χ2n) is 5.54. The predicted octanol–water partition coefficient (Wildman–Crippen LogP) is 2.01. The van der Waals surface area contributed by atoms with Crippen LogP contribution in [0.4, 0.5) is 4.39 Å². The molecule has 1 atom stereocenters. The summed E-state index contributed by atoms with van der Waals surface area (Å²) in [6.45, 7) is 3.22. The van der Waals surface area contributed by atoms with Gasteiger partial charge >= 0.3 is 0 Å². The molecule has 2 aromatic rings. The summed E-state index contributed by atoms with van der Waals surface area (Å²) in [4.78, 5) is 1.87. The lowest BCUT2D eigenvalue weighted by molar-refractivity contribution is 0.298. The molecule has 0 bridgehead atoms. The first kappa shape index (κ1) is 17.6. The number of halogens is 1. The Morgan fingerprint density at radius 2 is 2.04 bits per heavy atom. The van der Waals surface area contributed by atoms with E-state index in [-0.39, 0.29) is 29.1 Å². The fraction of sp³-hybridized carbons (Fsp3) is 0.400. The molecule has 1 heterocycles. The summed E-state index contributed by atoms with van der Waals surface area (Å²) < 4.78 is 45.8. The summed E-state index contributed by atoms with van der Waals surface area (Å²) in [6.07, 6.45) is 0. The first-order chi connectivity index (χ1) is 10.7. The van der Waals surface area contributed by atoms with Crippen LogP contribution in [0.5, 0.6) is 0 Å². The van der Waals surface area contributed by atoms with Gasteiger partial charge in [-0.2, -0.15) is 0 Å². The molecule has 0 radical (unpaired) electrons. The highest BCUT2D eigenvalue weighted by atomic mass is 32.2. The molecule has 1 unspecified atom stereocenters. The topological polar surface area (TPSA) is 75.4 Å². The normalized spacial score (nSPS) is 13.5. The number of rotatable bonds is 6. The largest absolute Gasteiger partial charge is 0.360 e. The highest BCUT2D eigenvalue weighted by Gasteiger charge is 2.26. The van der Waals surface area contributed by atoms with Gasteiger partial charge in [-0.15, -0.1) is 0 Å². The third-order valence-corrected chi connectivity index (χ3v) is 5.23. The summed E-state index contributed by atoms with van der Waals surface area (Å²) in [6, 6.07) is 5.81. The van der Waals surface area contributed by atoms with Crippen molar-refractivity contribution in [3.63, 3.8) is 0 Å². The maximum atomic E-state index is 13.4. The second-order valence-corrected chi connectivity index (χ2v) is 7.24. The van der Waals surface area contributed by atoms with Crippen LogP contribution in [-0.2, 0) is 10.0 Å². The molecule has 0 saturated carbocycles. The summed E-state index contributed by atoms with van der Waals surface area (Å²) in [5.41, 5.74) is 0.999. The van der Waals surface area contributed by atoms with Crippen molar-refractivity contribution in [3.05, 3.63) is 47.1 Å². The Kier molecular flexibility index (Phi) is 5.18. The molecule has 1 aromatic carbocycles. The Bertz CT molecular complexity index is 768. The molecule has 0 spiro atoms. The van der Waals surface area contributed by atoms with Crippen LogP contribution in [0.25, 0.3) is 0 Å². The van der Waals surface area contributed by atoms with Crippen LogP contribution in [0.3, 0.4) is 0 Å². The van der Waals surface area contributed by atoms with Crippen LogP contribution in [-0.4, -0.2) is 39.1 Å². The molecule has 0 aliphatic carbocycles. The van der Waals surface area contributed by atoms with E-state index in [2.05, 4.69) is 9.88 Å². The summed E-state index contributed by atoms with van der Waals surface area (Å²) in [5.74, 6) is -0.120. The summed E-state index contributed by atoms with van der Waals surface area (Å²) >= 11 is 0. The van der Waals surface area contributed by atoms with Crippen molar-refractivity contribution < 1.29 is 17.3 Å². The van der Waals surface area contributed by atoms with Gasteiger partial charge in [0.05, 0.1) is 0 Å². The molecular weight excluding hydrogens is 321 g/mol. The number of nitrogens with zero attached hydrogens (tertiary/aromatic N) is 2. The maximum Gasteiger partial charge on any atom is 0.246 e. The van der Waals surface area contributed by atoms with E-state index in [1.165, 1.54) is 12.1 Å². The van der Waals surface area contributed by atoms with Crippen LogP contribution in [0.15, 0.2) is 33.7 Å². The van der Waals surface area contributed by atoms with Crippen LogP contribution >= 0.6 is 0 Å². The van der Waals surface area contributed by atoms with Crippen LogP contribution in [0.2, 0.25) is 0 Å². The van der Waals surface area contributed by atoms with E-state index in [9.17, 15) is 12.8 Å². The summed E-state index contributed by atoms with van der Waals surface area (Å²) in [7, 11) is -0.141. The van der Waals surface area contributed by atoms with Gasteiger partial charge in [0, 0.05) is 12.6 Å². The number of aryl methyl sites for hydroxylation is 2. The predicted molar refractivity (Wildman–Crippen MR) is 84.0 cm³/mol. The molecule has 8 heteroatoms. The molecule has 1 aromatic heterocycles. The minimum absolute atomic E-state index is 0.0502. The minimum atomic E-state index is -3.75. The molecule has 0 fully saturated rings. The van der Waals surface area contributed by atoms with Crippen molar-refractivity contribution >= 4 is 10.0 Å². The highest BCUT2D eigenvalue weighted by Crippen LogP contribution is 2.22. The van der Waals surface area contributed by atoms with Crippen molar-refractivity contribution in [1.29, 1.82) is 0 Å². The van der Waals surface area contributed by atoms with E-state index in [0.29, 0.717) is 11.3 Å². The van der Waals surface area contributed by atoms with Crippen LogP contribution < -0.4 is 4.72 Å². The monoisotopic (exact) mass is 341 g/mol. The standard InChI is InChI=1S/C15H20FN3O3S/c1-10-15(11(2)22-18-10)23(20,21)17-9-14(19(3)4)12-6-5-7-13(16)8-12/h5-8,14,17H,9H2,1-4H3. The number of hydrogen-bond donors (Lipinski definition) is 1. The Balaban J connectivity index is 2.22. The van der Waals surface area contributed by atoms with E-state index in [4.69, 9.17) is 4.52 Å². The average Bonchev–Trinajstić information content (AvgIpc) is 2.78. The van der Waals surface area contributed by atoms with E-state index in [0.717, 1.165) is 0 Å². The van der Waals surface area contributed by atoms with Crippen molar-refractivity contribution in [2.45, 2.75) is 24.8 Å². The lowest BCUT2D eigenvalue weighted by atomic mass is 10.1. The van der Waals surface area contributed by atoms with Gasteiger partial charge in [0.1, 0.15) is 16.4 Å². The zero-order valence-corrected chi connectivity index (χ0v) is 14.3. The number of aromatic nitrogens is 1. The lowest BCUT2D eigenvalue weighted by Crippen LogP contribution is -2.35. The van der Waals surface area contributed by atoms with E-state index >= 15 is 0 Å². The Labute approximate surface area is 135 Å². The zero-order chi connectivity index (χ0) is 17.2. The van der Waals surface area contributed by atoms with Crippen molar-refractivity contribution in [1.82, 2.24) is 14.8 Å². The number of benzene rings is 1. The Morgan fingerprint density at radius 3 is 2.57 bits per heavy atom. The SMILES string of the molecule is Cc1noc(C)c1S(=O)(=O)NCC(c1cccc(F)c1)N(C)C. The fourth-order valence-electron chi connectivity index (χ4n) is 2.43. The van der Waals surface area contributed by atoms with Gasteiger partial charge < -0.3 is 9.42 Å². The molecule has 23 heavy (non-hydrogen) atoms. The molecule has 2 rings (SSSR count). The van der Waals surface area contributed by atoms with Crippen molar-refractivity contribution in [2.75, 3.05) is 20.6 Å². The molecule has 1 N–H and O–H groups in total. The fourth-order valence-corrected chi connectivity index (χ4v) is 3.80. The first-order valence-electron chi connectivity index (χ1n) is 7.07. The summed E-state index contributed by atoms with van der Waals surface area (Å²) in [5, 5.41) is 3.66. The van der Waals surface area contributed by atoms with Crippen molar-refractivity contribution in [3.8, 4) is 0 Å². The number of sulfonamides is 1. The molecule has 0 amide bonds. The van der Waals surface area contributed by atoms with Gasteiger partial charge in [-0.05, 0) is 45.6 Å². The maximum absolute atomic E-state index is 13.4.